The van der Waals surface area contributed by atoms with E-state index in [4.69, 9.17) is 4.74 Å². The van der Waals surface area contributed by atoms with E-state index >= 15 is 0 Å². The Balaban J connectivity index is 1.48. The maximum Gasteiger partial charge on any atom is 0.153 e. The van der Waals surface area contributed by atoms with Gasteiger partial charge in [0.2, 0.25) is 0 Å². The molecule has 4 aliphatic rings. The van der Waals surface area contributed by atoms with Gasteiger partial charge in [0.15, 0.2) is 8.24 Å². The molecule has 9 unspecified atom stereocenters. The molecule has 9 atom stereocenters. The van der Waals surface area contributed by atoms with Crippen molar-refractivity contribution in [3.63, 3.8) is 0 Å². The van der Waals surface area contributed by atoms with Crippen LogP contribution in [0.15, 0.2) is 30.3 Å². The van der Waals surface area contributed by atoms with Crippen molar-refractivity contribution < 1.29 is 4.74 Å². The lowest BCUT2D eigenvalue weighted by molar-refractivity contribution is 0.00876. The molecule has 1 N–H and O–H groups in total. The molecule has 0 amide bonds. The molecule has 28 heavy (non-hydrogen) atoms. The van der Waals surface area contributed by atoms with Crippen LogP contribution in [0.3, 0.4) is 0 Å². The van der Waals surface area contributed by atoms with Crippen LogP contribution >= 0.6 is 0 Å². The quantitative estimate of drug-likeness (QED) is 0.583. The van der Waals surface area contributed by atoms with Crippen LogP contribution in [0, 0.1) is 35.5 Å². The smallest absolute Gasteiger partial charge is 0.153 e. The molecule has 1 heterocycles. The zero-order chi connectivity index (χ0) is 19.5. The van der Waals surface area contributed by atoms with Gasteiger partial charge in [-0.2, -0.15) is 0 Å². The predicted octanol–water partition coefficient (Wildman–Crippen LogP) is 6.56. The van der Waals surface area contributed by atoms with Gasteiger partial charge in [-0.3, -0.25) is 0 Å². The minimum Gasteiger partial charge on any atom is -0.410 e. The first-order valence-electron chi connectivity index (χ1n) is 11.9. The standard InChI is InChI=1S/C25H39NOSi/c1-16-14-20-21(15-17(16)2)25(28(3,4)26-18-10-6-5-7-11-18)24-23(20)19-12-8-9-13-22(19)27-24/h5-7,10-11,16-17,19-26H,8-9,12-15H2,1-4H3. The van der Waals surface area contributed by atoms with Crippen LogP contribution in [0.4, 0.5) is 5.69 Å². The molecule has 0 aromatic heterocycles. The molecule has 154 valence electrons. The van der Waals surface area contributed by atoms with Gasteiger partial charge >= 0.3 is 0 Å². The Morgan fingerprint density at radius 3 is 2.32 bits per heavy atom. The van der Waals surface area contributed by atoms with E-state index in [1.807, 2.05) is 0 Å². The van der Waals surface area contributed by atoms with Crippen molar-refractivity contribution >= 4 is 13.9 Å². The number of benzene rings is 1. The Morgan fingerprint density at radius 1 is 0.893 bits per heavy atom. The van der Waals surface area contributed by atoms with Gasteiger partial charge in [0, 0.05) is 11.2 Å². The van der Waals surface area contributed by atoms with Crippen molar-refractivity contribution in [1.82, 2.24) is 0 Å². The number of hydrogen-bond donors (Lipinski definition) is 1. The molecular weight excluding hydrogens is 358 g/mol. The first-order valence-corrected chi connectivity index (χ1v) is 15.0. The Labute approximate surface area is 172 Å². The van der Waals surface area contributed by atoms with Crippen LogP contribution in [-0.4, -0.2) is 20.4 Å². The number of rotatable bonds is 3. The highest BCUT2D eigenvalue weighted by Gasteiger charge is 2.64. The molecule has 1 saturated heterocycles. The summed E-state index contributed by atoms with van der Waals surface area (Å²) in [6, 6.07) is 10.9. The highest BCUT2D eigenvalue weighted by molar-refractivity contribution is 6.82. The van der Waals surface area contributed by atoms with E-state index in [2.05, 4.69) is 62.3 Å². The van der Waals surface area contributed by atoms with Crippen LogP contribution in [0.25, 0.3) is 0 Å². The maximum atomic E-state index is 6.98. The molecule has 3 aliphatic carbocycles. The molecule has 5 rings (SSSR count). The maximum absolute atomic E-state index is 6.98. The fraction of sp³-hybridized carbons (Fsp3) is 0.760. The van der Waals surface area contributed by atoms with Crippen molar-refractivity contribution in [2.24, 2.45) is 35.5 Å². The number of hydrogen-bond acceptors (Lipinski definition) is 2. The van der Waals surface area contributed by atoms with E-state index in [0.717, 1.165) is 41.0 Å². The van der Waals surface area contributed by atoms with Gasteiger partial charge in [-0.15, -0.1) is 0 Å². The lowest BCUT2D eigenvalue weighted by Gasteiger charge is -2.44. The van der Waals surface area contributed by atoms with Crippen molar-refractivity contribution in [2.75, 3.05) is 4.98 Å². The second-order valence-electron chi connectivity index (χ2n) is 11.2. The SMILES string of the molecule is CC1CC2C(CC1C)C([Si](C)(C)Nc1ccccc1)C1OC3CCCCC3C21. The Morgan fingerprint density at radius 2 is 1.57 bits per heavy atom. The summed E-state index contributed by atoms with van der Waals surface area (Å²) in [5.41, 5.74) is 2.06. The zero-order valence-electron chi connectivity index (χ0n) is 18.2. The van der Waals surface area contributed by atoms with Gasteiger partial charge in [-0.1, -0.05) is 58.0 Å². The predicted molar refractivity (Wildman–Crippen MR) is 120 cm³/mol. The number of nitrogens with one attached hydrogen (secondary N) is 1. The topological polar surface area (TPSA) is 21.3 Å². The third kappa shape index (κ3) is 3.08. The average molecular weight is 398 g/mol. The van der Waals surface area contributed by atoms with E-state index in [1.54, 1.807) is 0 Å². The number of ether oxygens (including phenoxy) is 1. The Bertz CT molecular complexity index is 691. The molecule has 0 radical (unpaired) electrons. The first-order chi connectivity index (χ1) is 13.5. The molecule has 2 nitrogen and oxygen atoms in total. The van der Waals surface area contributed by atoms with Gasteiger partial charge in [-0.25, -0.2) is 0 Å². The second-order valence-corrected chi connectivity index (χ2v) is 15.5. The van der Waals surface area contributed by atoms with E-state index < -0.39 is 8.24 Å². The third-order valence-corrected chi connectivity index (χ3v) is 12.5. The molecule has 3 saturated carbocycles. The fourth-order valence-corrected chi connectivity index (χ4v) is 11.5. The minimum atomic E-state index is -1.70. The summed E-state index contributed by atoms with van der Waals surface area (Å²) in [5, 5.41) is 0. The van der Waals surface area contributed by atoms with Crippen LogP contribution in [-0.2, 0) is 4.74 Å². The number of fused-ring (bicyclic) bond motifs is 5. The van der Waals surface area contributed by atoms with Gasteiger partial charge in [-0.05, 0) is 73.3 Å². The number of anilines is 1. The third-order valence-electron chi connectivity index (χ3n) is 9.15. The Kier molecular flexibility index (Phi) is 4.90. The van der Waals surface area contributed by atoms with Crippen molar-refractivity contribution in [3.05, 3.63) is 30.3 Å². The normalized spacial score (nSPS) is 45.2. The minimum absolute atomic E-state index is 0.526. The highest BCUT2D eigenvalue weighted by Crippen LogP contribution is 2.64. The molecule has 4 fully saturated rings. The van der Waals surface area contributed by atoms with Gasteiger partial charge in [0.05, 0.1) is 12.2 Å². The van der Waals surface area contributed by atoms with E-state index in [0.29, 0.717) is 12.2 Å². The highest BCUT2D eigenvalue weighted by atomic mass is 28.3. The molecule has 1 aromatic carbocycles. The summed E-state index contributed by atoms with van der Waals surface area (Å²) in [7, 11) is -1.70. The molecule has 0 spiro atoms. The number of para-hydroxylation sites is 1. The average Bonchev–Trinajstić information content (AvgIpc) is 3.17. The molecule has 1 aromatic rings. The van der Waals surface area contributed by atoms with Crippen LogP contribution in [0.1, 0.15) is 52.4 Å². The lowest BCUT2D eigenvalue weighted by atomic mass is 9.65. The summed E-state index contributed by atoms with van der Waals surface area (Å²) in [4.78, 5) is 4.07. The van der Waals surface area contributed by atoms with Crippen LogP contribution in [0.2, 0.25) is 18.6 Å². The van der Waals surface area contributed by atoms with E-state index in [9.17, 15) is 0 Å². The largest absolute Gasteiger partial charge is 0.410 e. The fourth-order valence-electron chi connectivity index (χ4n) is 7.85. The molecule has 3 heteroatoms. The summed E-state index contributed by atoms with van der Waals surface area (Å²) in [6.45, 7) is 10.2. The van der Waals surface area contributed by atoms with Gasteiger partial charge in [0.25, 0.3) is 0 Å². The van der Waals surface area contributed by atoms with Gasteiger partial charge in [0.1, 0.15) is 0 Å². The van der Waals surface area contributed by atoms with Crippen LogP contribution in [0.5, 0.6) is 0 Å². The summed E-state index contributed by atoms with van der Waals surface area (Å²) in [6.07, 6.45) is 9.55. The van der Waals surface area contributed by atoms with Crippen LogP contribution < -0.4 is 4.98 Å². The molecule has 1 aliphatic heterocycles. The monoisotopic (exact) mass is 397 g/mol. The van der Waals surface area contributed by atoms with Crippen molar-refractivity contribution in [1.29, 1.82) is 0 Å². The van der Waals surface area contributed by atoms with Crippen molar-refractivity contribution in [2.45, 2.75) is 83.2 Å². The molecular formula is C25H39NOSi. The molecule has 0 bridgehead atoms. The van der Waals surface area contributed by atoms with E-state index in [-0.39, 0.29) is 0 Å². The summed E-state index contributed by atoms with van der Waals surface area (Å²) in [5.74, 6) is 5.25. The lowest BCUT2D eigenvalue weighted by Crippen LogP contribution is -2.49. The Hall–Kier alpha value is -0.803. The zero-order valence-corrected chi connectivity index (χ0v) is 19.2. The van der Waals surface area contributed by atoms with E-state index in [1.165, 1.54) is 44.2 Å². The second kappa shape index (κ2) is 7.16. The summed E-state index contributed by atoms with van der Waals surface area (Å²) < 4.78 is 6.98. The first kappa shape index (κ1) is 19.2. The van der Waals surface area contributed by atoms with Crippen molar-refractivity contribution in [3.8, 4) is 0 Å². The van der Waals surface area contributed by atoms with Gasteiger partial charge < -0.3 is 9.72 Å². The summed E-state index contributed by atoms with van der Waals surface area (Å²) >= 11 is 0.